The van der Waals surface area contributed by atoms with Crippen molar-refractivity contribution < 1.29 is 9.59 Å². The fourth-order valence-electron chi connectivity index (χ4n) is 2.66. The molecule has 1 N–H and O–H groups in total. The Labute approximate surface area is 150 Å². The minimum atomic E-state index is -0.0627. The molecule has 2 aromatic heterocycles. The molecule has 0 unspecified atom stereocenters. The number of pyridine rings is 1. The molecule has 25 heavy (non-hydrogen) atoms. The van der Waals surface area contributed by atoms with Gasteiger partial charge in [-0.2, -0.15) is 5.10 Å². The molecule has 0 aromatic carbocycles. The van der Waals surface area contributed by atoms with Crippen molar-refractivity contribution >= 4 is 22.9 Å². The quantitative estimate of drug-likeness (QED) is 0.854. The zero-order chi connectivity index (χ0) is 17.8. The van der Waals surface area contributed by atoms with Crippen LogP contribution in [0.3, 0.4) is 0 Å². The zero-order valence-corrected chi connectivity index (χ0v) is 15.2. The molecule has 0 atom stereocenters. The summed E-state index contributed by atoms with van der Waals surface area (Å²) in [4.78, 5) is 29.5. The molecule has 1 aliphatic rings. The largest absolute Gasteiger partial charge is 0.352 e. The number of nitrogens with zero attached hydrogens (tertiary/aromatic N) is 4. The third kappa shape index (κ3) is 4.39. The third-order valence-electron chi connectivity index (χ3n) is 3.98. The van der Waals surface area contributed by atoms with Crippen molar-refractivity contribution in [1.82, 2.24) is 25.0 Å². The third-order valence-corrected chi connectivity index (χ3v) is 4.87. The molecular weight excluding hydrogens is 338 g/mol. The average Bonchev–Trinajstić information content (AvgIpc) is 3.16. The van der Waals surface area contributed by atoms with Gasteiger partial charge in [-0.1, -0.05) is 17.8 Å². The summed E-state index contributed by atoms with van der Waals surface area (Å²) in [6.07, 6.45) is 2.07. The van der Waals surface area contributed by atoms with Crippen molar-refractivity contribution in [1.29, 1.82) is 0 Å². The highest BCUT2D eigenvalue weighted by Gasteiger charge is 2.21. The van der Waals surface area contributed by atoms with E-state index in [4.69, 9.17) is 0 Å². The van der Waals surface area contributed by atoms with Gasteiger partial charge in [-0.05, 0) is 31.5 Å². The summed E-state index contributed by atoms with van der Waals surface area (Å²) in [6, 6.07) is 5.82. The van der Waals surface area contributed by atoms with Crippen molar-refractivity contribution in [3.63, 3.8) is 0 Å². The predicted octanol–water partition coefficient (Wildman–Crippen LogP) is 2.06. The second-order valence-corrected chi connectivity index (χ2v) is 7.04. The van der Waals surface area contributed by atoms with E-state index in [1.54, 1.807) is 15.8 Å². The molecule has 0 aliphatic carbocycles. The topological polar surface area (TPSA) is 80.1 Å². The monoisotopic (exact) mass is 359 g/mol. The Morgan fingerprint density at radius 2 is 2.20 bits per heavy atom. The number of nitrogens with one attached hydrogen (secondary N) is 1. The molecule has 1 aliphatic heterocycles. The van der Waals surface area contributed by atoms with Gasteiger partial charge in [0.15, 0.2) is 5.82 Å². The van der Waals surface area contributed by atoms with Crippen LogP contribution < -0.4 is 5.32 Å². The Kier molecular flexibility index (Phi) is 5.37. The SMILES string of the molecule is Cc1cc(C)n(-c2ccc(CNC(=O)CCN3CCSC3=O)cn2)n1. The molecule has 132 valence electrons. The molecule has 3 rings (SSSR count). The molecule has 7 nitrogen and oxygen atoms in total. The van der Waals surface area contributed by atoms with Crippen LogP contribution in [0, 0.1) is 13.8 Å². The Bertz CT molecular complexity index is 772. The lowest BCUT2D eigenvalue weighted by Gasteiger charge is -2.14. The highest BCUT2D eigenvalue weighted by atomic mass is 32.2. The van der Waals surface area contributed by atoms with E-state index in [2.05, 4.69) is 15.4 Å². The van der Waals surface area contributed by atoms with E-state index in [-0.39, 0.29) is 11.1 Å². The van der Waals surface area contributed by atoms with Gasteiger partial charge in [-0.25, -0.2) is 9.67 Å². The normalized spacial score (nSPS) is 14.2. The number of carbonyl (C=O) groups excluding carboxylic acids is 2. The van der Waals surface area contributed by atoms with Gasteiger partial charge in [0.25, 0.3) is 5.24 Å². The fourth-order valence-corrected chi connectivity index (χ4v) is 3.51. The van der Waals surface area contributed by atoms with Gasteiger partial charge in [-0.15, -0.1) is 0 Å². The summed E-state index contributed by atoms with van der Waals surface area (Å²) in [5, 5.41) is 7.34. The molecule has 0 saturated carbocycles. The van der Waals surface area contributed by atoms with Gasteiger partial charge in [0, 0.05) is 43.7 Å². The van der Waals surface area contributed by atoms with E-state index in [0.29, 0.717) is 19.5 Å². The summed E-state index contributed by atoms with van der Waals surface area (Å²) >= 11 is 1.31. The summed E-state index contributed by atoms with van der Waals surface area (Å²) in [5.74, 6) is 1.51. The van der Waals surface area contributed by atoms with Crippen LogP contribution in [0.5, 0.6) is 0 Å². The summed E-state index contributed by atoms with van der Waals surface area (Å²) in [5.41, 5.74) is 2.90. The van der Waals surface area contributed by atoms with Crippen molar-refractivity contribution in [3.05, 3.63) is 41.3 Å². The summed E-state index contributed by atoms with van der Waals surface area (Å²) in [6.45, 7) is 5.56. The van der Waals surface area contributed by atoms with Gasteiger partial charge in [0.2, 0.25) is 5.91 Å². The number of thioether (sulfide) groups is 1. The van der Waals surface area contributed by atoms with E-state index < -0.39 is 0 Å². The predicted molar refractivity (Wildman–Crippen MR) is 96.7 cm³/mol. The lowest BCUT2D eigenvalue weighted by molar-refractivity contribution is -0.121. The maximum atomic E-state index is 11.9. The number of aromatic nitrogens is 3. The molecule has 1 saturated heterocycles. The average molecular weight is 359 g/mol. The number of carbonyl (C=O) groups is 2. The Balaban J connectivity index is 1.49. The maximum absolute atomic E-state index is 11.9. The highest BCUT2D eigenvalue weighted by Crippen LogP contribution is 2.17. The number of aryl methyl sites for hydroxylation is 2. The lowest BCUT2D eigenvalue weighted by Crippen LogP contribution is -2.30. The first-order chi connectivity index (χ1) is 12.0. The van der Waals surface area contributed by atoms with Crippen LogP contribution in [-0.2, 0) is 11.3 Å². The van der Waals surface area contributed by atoms with Crippen LogP contribution in [0.15, 0.2) is 24.4 Å². The first kappa shape index (κ1) is 17.5. The van der Waals surface area contributed by atoms with Crippen molar-refractivity contribution in [3.8, 4) is 5.82 Å². The number of hydrogen-bond acceptors (Lipinski definition) is 5. The molecular formula is C17H21N5O2S. The Hall–Kier alpha value is -2.35. The van der Waals surface area contributed by atoms with Crippen molar-refractivity contribution in [2.45, 2.75) is 26.8 Å². The molecule has 3 heterocycles. The standard InChI is InChI=1S/C17H21N5O2S/c1-12-9-13(2)22(20-12)15-4-3-14(10-18-15)11-19-16(23)5-6-21-7-8-25-17(21)24/h3-4,9-10H,5-8,11H2,1-2H3,(H,19,23). The van der Waals surface area contributed by atoms with Gasteiger partial charge in [0.1, 0.15) is 0 Å². The van der Waals surface area contributed by atoms with Gasteiger partial charge >= 0.3 is 0 Å². The van der Waals surface area contributed by atoms with Crippen LogP contribution in [0.4, 0.5) is 4.79 Å². The fraction of sp³-hybridized carbons (Fsp3) is 0.412. The highest BCUT2D eigenvalue weighted by molar-refractivity contribution is 8.13. The summed E-state index contributed by atoms with van der Waals surface area (Å²) in [7, 11) is 0. The maximum Gasteiger partial charge on any atom is 0.281 e. The minimum Gasteiger partial charge on any atom is -0.352 e. The van der Waals surface area contributed by atoms with Crippen molar-refractivity contribution in [2.75, 3.05) is 18.8 Å². The smallest absolute Gasteiger partial charge is 0.281 e. The van der Waals surface area contributed by atoms with Gasteiger partial charge < -0.3 is 10.2 Å². The van der Waals surface area contributed by atoms with E-state index in [1.807, 2.05) is 32.0 Å². The van der Waals surface area contributed by atoms with E-state index >= 15 is 0 Å². The zero-order valence-electron chi connectivity index (χ0n) is 14.4. The number of amides is 2. The lowest BCUT2D eigenvalue weighted by atomic mass is 10.2. The van der Waals surface area contributed by atoms with E-state index in [0.717, 1.165) is 35.1 Å². The molecule has 0 radical (unpaired) electrons. The first-order valence-corrected chi connectivity index (χ1v) is 9.18. The van der Waals surface area contributed by atoms with Crippen LogP contribution in [0.2, 0.25) is 0 Å². The van der Waals surface area contributed by atoms with Crippen molar-refractivity contribution in [2.24, 2.45) is 0 Å². The molecule has 8 heteroatoms. The molecule has 2 amide bonds. The van der Waals surface area contributed by atoms with Gasteiger partial charge in [-0.3, -0.25) is 9.59 Å². The molecule has 0 spiro atoms. The van der Waals surface area contributed by atoms with Crippen LogP contribution >= 0.6 is 11.8 Å². The Morgan fingerprint density at radius 3 is 2.80 bits per heavy atom. The first-order valence-electron chi connectivity index (χ1n) is 8.20. The molecule has 1 fully saturated rings. The number of rotatable bonds is 6. The summed E-state index contributed by atoms with van der Waals surface area (Å²) < 4.78 is 1.79. The van der Waals surface area contributed by atoms with E-state index in [1.165, 1.54) is 11.8 Å². The second kappa shape index (κ2) is 7.69. The molecule has 2 aromatic rings. The van der Waals surface area contributed by atoms with E-state index in [9.17, 15) is 9.59 Å². The van der Waals surface area contributed by atoms with Crippen LogP contribution in [-0.4, -0.2) is 49.7 Å². The minimum absolute atomic E-state index is 0.0627. The number of hydrogen-bond donors (Lipinski definition) is 1. The Morgan fingerprint density at radius 1 is 1.36 bits per heavy atom. The van der Waals surface area contributed by atoms with Crippen LogP contribution in [0.1, 0.15) is 23.4 Å². The van der Waals surface area contributed by atoms with Gasteiger partial charge in [0.05, 0.1) is 5.69 Å². The second-order valence-electron chi connectivity index (χ2n) is 5.99. The molecule has 0 bridgehead atoms. The van der Waals surface area contributed by atoms with Crippen LogP contribution in [0.25, 0.3) is 5.82 Å².